The van der Waals surface area contributed by atoms with E-state index in [1.807, 2.05) is 13.0 Å². The third-order valence-corrected chi connectivity index (χ3v) is 3.84. The summed E-state index contributed by atoms with van der Waals surface area (Å²) in [6.45, 7) is 8.18. The molecular weight excluding hydrogens is 292 g/mol. The van der Waals surface area contributed by atoms with E-state index < -0.39 is 0 Å². The average Bonchev–Trinajstić information content (AvgIpc) is 2.55. The van der Waals surface area contributed by atoms with E-state index in [0.29, 0.717) is 13.0 Å². The second-order valence-electron chi connectivity index (χ2n) is 5.65. The number of rotatable bonds is 4. The highest BCUT2D eigenvalue weighted by Crippen LogP contribution is 2.06. The van der Waals surface area contributed by atoms with Gasteiger partial charge in [0.25, 0.3) is 5.91 Å². The molecule has 0 aliphatic carbocycles. The van der Waals surface area contributed by atoms with E-state index in [2.05, 4.69) is 28.6 Å². The van der Waals surface area contributed by atoms with Gasteiger partial charge in [0.1, 0.15) is 5.78 Å². The van der Waals surface area contributed by atoms with Crippen LogP contribution in [-0.4, -0.2) is 60.4 Å². The van der Waals surface area contributed by atoms with Gasteiger partial charge in [-0.1, -0.05) is 31.3 Å². The Labute approximate surface area is 139 Å². The summed E-state index contributed by atoms with van der Waals surface area (Å²) < 4.78 is 0. The summed E-state index contributed by atoms with van der Waals surface area (Å²) in [6, 6.07) is -0.278. The van der Waals surface area contributed by atoms with Crippen LogP contribution in [0.2, 0.25) is 0 Å². The standard InChI is InChI=1S/C17H28N4O2/c1-3-10-20-11-6-5-9-15(16(22)4-2)19-14-17(23)21(18)13-8-7-12-20/h3,15,19H,1,4-6,9-14,18H2,2H3/t15-/m0/s1. The van der Waals surface area contributed by atoms with Crippen molar-refractivity contribution in [3.05, 3.63) is 12.7 Å². The van der Waals surface area contributed by atoms with Crippen LogP contribution in [0.4, 0.5) is 0 Å². The number of carbonyl (C=O) groups excluding carboxylic acids is 2. The molecule has 0 aromatic heterocycles. The second-order valence-corrected chi connectivity index (χ2v) is 5.65. The maximum Gasteiger partial charge on any atom is 0.251 e. The number of nitrogens with two attached hydrogens (primary N) is 1. The normalized spacial score (nSPS) is 21.9. The topological polar surface area (TPSA) is 78.7 Å². The molecule has 6 heteroatoms. The van der Waals surface area contributed by atoms with E-state index in [4.69, 9.17) is 5.84 Å². The van der Waals surface area contributed by atoms with Crippen molar-refractivity contribution in [3.8, 4) is 11.8 Å². The molecule has 3 N–H and O–H groups in total. The first kappa shape index (κ1) is 19.4. The molecule has 0 unspecified atom stereocenters. The summed E-state index contributed by atoms with van der Waals surface area (Å²) in [4.78, 5) is 26.1. The zero-order valence-electron chi connectivity index (χ0n) is 14.0. The molecule has 0 spiro atoms. The minimum atomic E-state index is -0.278. The van der Waals surface area contributed by atoms with Crippen LogP contribution in [0.15, 0.2) is 12.7 Å². The molecule has 0 radical (unpaired) electrons. The van der Waals surface area contributed by atoms with E-state index in [0.717, 1.165) is 37.4 Å². The van der Waals surface area contributed by atoms with Gasteiger partial charge in [0.05, 0.1) is 25.7 Å². The number of nitrogens with one attached hydrogen (secondary N) is 1. The summed E-state index contributed by atoms with van der Waals surface area (Å²) >= 11 is 0. The van der Waals surface area contributed by atoms with Gasteiger partial charge in [-0.15, -0.1) is 6.58 Å². The van der Waals surface area contributed by atoms with Crippen LogP contribution in [0, 0.1) is 11.8 Å². The van der Waals surface area contributed by atoms with Crippen LogP contribution in [0.25, 0.3) is 0 Å². The summed E-state index contributed by atoms with van der Waals surface area (Å²) in [7, 11) is 0. The fourth-order valence-electron chi connectivity index (χ4n) is 2.43. The highest BCUT2D eigenvalue weighted by atomic mass is 16.2. The van der Waals surface area contributed by atoms with Gasteiger partial charge in [0.2, 0.25) is 0 Å². The van der Waals surface area contributed by atoms with Crippen molar-refractivity contribution in [2.75, 3.05) is 32.7 Å². The van der Waals surface area contributed by atoms with Crippen molar-refractivity contribution in [2.24, 2.45) is 5.84 Å². The first-order valence-corrected chi connectivity index (χ1v) is 8.18. The molecule has 23 heavy (non-hydrogen) atoms. The second kappa shape index (κ2) is 10.9. The average molecular weight is 320 g/mol. The third-order valence-electron chi connectivity index (χ3n) is 3.84. The summed E-state index contributed by atoms with van der Waals surface area (Å²) in [5.74, 6) is 11.5. The van der Waals surface area contributed by atoms with Gasteiger partial charge in [0, 0.05) is 13.0 Å². The molecule has 128 valence electrons. The summed E-state index contributed by atoms with van der Waals surface area (Å²) in [5, 5.41) is 4.14. The Hall–Kier alpha value is -1.68. The largest absolute Gasteiger partial charge is 0.299 e. The Morgan fingerprint density at radius 2 is 2.17 bits per heavy atom. The minimum Gasteiger partial charge on any atom is -0.299 e. The van der Waals surface area contributed by atoms with E-state index in [1.165, 1.54) is 0 Å². The van der Waals surface area contributed by atoms with Crippen molar-refractivity contribution in [1.29, 1.82) is 0 Å². The number of hydrogen-bond acceptors (Lipinski definition) is 5. The lowest BCUT2D eigenvalue weighted by Crippen LogP contribution is -2.47. The van der Waals surface area contributed by atoms with Crippen LogP contribution in [0.1, 0.15) is 32.6 Å². The number of ketones is 1. The molecule has 1 atom stereocenters. The van der Waals surface area contributed by atoms with Gasteiger partial charge in [-0.05, 0) is 19.4 Å². The molecule has 6 nitrogen and oxygen atoms in total. The van der Waals surface area contributed by atoms with Crippen LogP contribution >= 0.6 is 0 Å². The maximum atomic E-state index is 12.0. The predicted molar refractivity (Wildman–Crippen MR) is 91.3 cm³/mol. The SMILES string of the molecule is C=CCN1CC#CCN(N)C(=O)CN[C@H](C(=O)CC)CCCC1. The lowest BCUT2D eigenvalue weighted by Gasteiger charge is -2.21. The quantitative estimate of drug-likeness (QED) is 0.337. The Morgan fingerprint density at radius 1 is 1.43 bits per heavy atom. The Balaban J connectivity index is 2.74. The van der Waals surface area contributed by atoms with Crippen molar-refractivity contribution in [2.45, 2.75) is 38.6 Å². The third kappa shape index (κ3) is 7.42. The van der Waals surface area contributed by atoms with Crippen LogP contribution in [0.5, 0.6) is 0 Å². The van der Waals surface area contributed by atoms with Crippen molar-refractivity contribution < 1.29 is 9.59 Å². The fourth-order valence-corrected chi connectivity index (χ4v) is 2.43. The molecule has 0 saturated carbocycles. The molecule has 1 amide bonds. The summed E-state index contributed by atoms with van der Waals surface area (Å²) in [6.07, 6.45) is 4.96. The first-order valence-electron chi connectivity index (χ1n) is 8.18. The van der Waals surface area contributed by atoms with Gasteiger partial charge in [-0.2, -0.15) is 0 Å². The van der Waals surface area contributed by atoms with Gasteiger partial charge >= 0.3 is 0 Å². The lowest BCUT2D eigenvalue weighted by atomic mass is 10.0. The molecule has 1 rings (SSSR count). The van der Waals surface area contributed by atoms with Crippen molar-refractivity contribution >= 4 is 11.7 Å². The Kier molecular flexibility index (Phi) is 9.22. The molecule has 1 aliphatic rings. The molecule has 0 aromatic carbocycles. The number of amides is 1. The molecule has 0 aromatic rings. The smallest absolute Gasteiger partial charge is 0.251 e. The zero-order chi connectivity index (χ0) is 17.1. The Morgan fingerprint density at radius 3 is 2.87 bits per heavy atom. The molecule has 0 fully saturated rings. The highest BCUT2D eigenvalue weighted by molar-refractivity contribution is 5.85. The molecule has 1 aliphatic heterocycles. The molecular formula is C17H28N4O2. The minimum absolute atomic E-state index is 0.0666. The van der Waals surface area contributed by atoms with Gasteiger partial charge in [-0.3, -0.25) is 24.8 Å². The zero-order valence-corrected chi connectivity index (χ0v) is 14.0. The Bertz CT molecular complexity index is 467. The van der Waals surface area contributed by atoms with Crippen LogP contribution in [-0.2, 0) is 9.59 Å². The first-order chi connectivity index (χ1) is 11.1. The molecule has 1 heterocycles. The summed E-state index contributed by atoms with van der Waals surface area (Å²) in [5.41, 5.74) is 0. The number of carbonyl (C=O) groups is 2. The number of hydrogen-bond donors (Lipinski definition) is 2. The molecule has 0 saturated heterocycles. The highest BCUT2D eigenvalue weighted by Gasteiger charge is 2.18. The van der Waals surface area contributed by atoms with Gasteiger partial charge in [-0.25, -0.2) is 5.84 Å². The van der Waals surface area contributed by atoms with Crippen molar-refractivity contribution in [3.63, 3.8) is 0 Å². The van der Waals surface area contributed by atoms with E-state index in [-0.39, 0.29) is 30.8 Å². The predicted octanol–water partition coefficient (Wildman–Crippen LogP) is 0.301. The molecule has 0 bridgehead atoms. The van der Waals surface area contributed by atoms with E-state index in [9.17, 15) is 9.59 Å². The van der Waals surface area contributed by atoms with Crippen LogP contribution in [0.3, 0.4) is 0 Å². The van der Waals surface area contributed by atoms with Gasteiger partial charge in [0.15, 0.2) is 0 Å². The van der Waals surface area contributed by atoms with E-state index in [1.54, 1.807) is 0 Å². The maximum absolute atomic E-state index is 12.0. The number of Topliss-reactive ketones (excluding diaryl/α,β-unsaturated/α-hetero) is 1. The lowest BCUT2D eigenvalue weighted by molar-refractivity contribution is -0.130. The monoisotopic (exact) mass is 320 g/mol. The fraction of sp³-hybridized carbons (Fsp3) is 0.647. The number of hydrazine groups is 1. The number of nitrogens with zero attached hydrogens (tertiary/aromatic N) is 2. The van der Waals surface area contributed by atoms with Gasteiger partial charge < -0.3 is 0 Å². The van der Waals surface area contributed by atoms with E-state index >= 15 is 0 Å². The van der Waals surface area contributed by atoms with Crippen LogP contribution < -0.4 is 11.2 Å². The van der Waals surface area contributed by atoms with Crippen molar-refractivity contribution in [1.82, 2.24) is 15.2 Å².